The molecule has 4 heteroatoms. The molecule has 2 rings (SSSR count). The van der Waals surface area contributed by atoms with E-state index in [1.165, 1.54) is 16.1 Å². The molecule has 0 bridgehead atoms. The van der Waals surface area contributed by atoms with Gasteiger partial charge in [0.2, 0.25) is 0 Å². The Kier molecular flexibility index (Phi) is 5.36. The van der Waals surface area contributed by atoms with Crippen LogP contribution in [0.5, 0.6) is 0 Å². The molecule has 2 aromatic rings. The fourth-order valence-corrected chi connectivity index (χ4v) is 2.56. The molecule has 102 valence electrons. The topological polar surface area (TPSA) is 28.2 Å². The zero-order chi connectivity index (χ0) is 13.5. The van der Waals surface area contributed by atoms with Gasteiger partial charge >= 0.3 is 0 Å². The van der Waals surface area contributed by atoms with Crippen LogP contribution in [0.25, 0.3) is 0 Å². The molecule has 0 aliphatic rings. The first-order valence-corrected chi connectivity index (χ1v) is 7.63. The average molecular weight is 275 g/mol. The molecular weight excluding hydrogens is 254 g/mol. The van der Waals surface area contributed by atoms with Crippen LogP contribution in [0.15, 0.2) is 36.0 Å². The van der Waals surface area contributed by atoms with Gasteiger partial charge in [-0.2, -0.15) is 0 Å². The van der Waals surface area contributed by atoms with E-state index in [4.69, 9.17) is 0 Å². The first-order chi connectivity index (χ1) is 9.33. The van der Waals surface area contributed by atoms with Gasteiger partial charge in [-0.3, -0.25) is 9.88 Å². The molecule has 3 nitrogen and oxygen atoms in total. The van der Waals surface area contributed by atoms with Crippen LogP contribution < -0.4 is 5.32 Å². The lowest BCUT2D eigenvalue weighted by molar-refractivity contribution is 0.296. The summed E-state index contributed by atoms with van der Waals surface area (Å²) >= 11 is 1.69. The quantitative estimate of drug-likeness (QED) is 0.837. The lowest BCUT2D eigenvalue weighted by Crippen LogP contribution is -2.22. The molecule has 0 unspecified atom stereocenters. The standard InChI is InChI=1S/C15H21N3S/c1-3-18(4-2)11-13-7-5-6-8-15(13)17-10-14-9-16-12-19-14/h5-9,12,17H,3-4,10-11H2,1-2H3. The third-order valence-electron chi connectivity index (χ3n) is 3.24. The van der Waals surface area contributed by atoms with Gasteiger partial charge in [-0.15, -0.1) is 11.3 Å². The third kappa shape index (κ3) is 4.04. The highest BCUT2D eigenvalue weighted by atomic mass is 32.1. The number of para-hydroxylation sites is 1. The van der Waals surface area contributed by atoms with E-state index in [0.717, 1.165) is 26.2 Å². The summed E-state index contributed by atoms with van der Waals surface area (Å²) in [7, 11) is 0. The number of anilines is 1. The van der Waals surface area contributed by atoms with Crippen LogP contribution in [-0.2, 0) is 13.1 Å². The highest BCUT2D eigenvalue weighted by Gasteiger charge is 2.06. The van der Waals surface area contributed by atoms with Gasteiger partial charge in [-0.25, -0.2) is 0 Å². The normalized spacial score (nSPS) is 10.9. The Morgan fingerprint density at radius 3 is 2.68 bits per heavy atom. The molecule has 0 fully saturated rings. The van der Waals surface area contributed by atoms with Crippen molar-refractivity contribution in [1.82, 2.24) is 9.88 Å². The second kappa shape index (κ2) is 7.26. The van der Waals surface area contributed by atoms with Gasteiger partial charge in [-0.05, 0) is 24.7 Å². The summed E-state index contributed by atoms with van der Waals surface area (Å²) in [5, 5.41) is 3.51. The van der Waals surface area contributed by atoms with E-state index in [-0.39, 0.29) is 0 Å². The van der Waals surface area contributed by atoms with Crippen molar-refractivity contribution >= 4 is 17.0 Å². The van der Waals surface area contributed by atoms with E-state index < -0.39 is 0 Å². The summed E-state index contributed by atoms with van der Waals surface area (Å²) in [6.45, 7) is 8.42. The van der Waals surface area contributed by atoms with Gasteiger partial charge in [0.25, 0.3) is 0 Å². The minimum atomic E-state index is 0.847. The van der Waals surface area contributed by atoms with E-state index in [1.807, 2.05) is 11.7 Å². The molecular formula is C15H21N3S. The van der Waals surface area contributed by atoms with Crippen LogP contribution >= 0.6 is 11.3 Å². The van der Waals surface area contributed by atoms with Gasteiger partial charge in [0.15, 0.2) is 0 Å². The Balaban J connectivity index is 2.03. The molecule has 1 aromatic carbocycles. The van der Waals surface area contributed by atoms with E-state index >= 15 is 0 Å². The van der Waals surface area contributed by atoms with Crippen molar-refractivity contribution in [1.29, 1.82) is 0 Å². The van der Waals surface area contributed by atoms with E-state index in [9.17, 15) is 0 Å². The van der Waals surface area contributed by atoms with Crippen molar-refractivity contribution in [3.8, 4) is 0 Å². The van der Waals surface area contributed by atoms with Crippen LogP contribution in [0.2, 0.25) is 0 Å². The van der Waals surface area contributed by atoms with Gasteiger partial charge in [-0.1, -0.05) is 32.0 Å². The number of thiazole rings is 1. The van der Waals surface area contributed by atoms with Crippen molar-refractivity contribution in [2.24, 2.45) is 0 Å². The lowest BCUT2D eigenvalue weighted by atomic mass is 10.1. The zero-order valence-corrected chi connectivity index (χ0v) is 12.4. The molecule has 0 aliphatic carbocycles. The van der Waals surface area contributed by atoms with Crippen LogP contribution in [0.4, 0.5) is 5.69 Å². The van der Waals surface area contributed by atoms with Crippen molar-refractivity contribution in [3.63, 3.8) is 0 Å². The summed E-state index contributed by atoms with van der Waals surface area (Å²) in [5.41, 5.74) is 4.46. The maximum absolute atomic E-state index is 4.10. The summed E-state index contributed by atoms with van der Waals surface area (Å²) in [6, 6.07) is 8.55. The van der Waals surface area contributed by atoms with Crippen molar-refractivity contribution in [2.75, 3.05) is 18.4 Å². The predicted octanol–water partition coefficient (Wildman–Crippen LogP) is 3.60. The Morgan fingerprint density at radius 1 is 1.21 bits per heavy atom. The fourth-order valence-electron chi connectivity index (χ4n) is 2.03. The molecule has 1 aromatic heterocycles. The van der Waals surface area contributed by atoms with Gasteiger partial charge in [0.1, 0.15) is 0 Å². The predicted molar refractivity (Wildman–Crippen MR) is 82.5 cm³/mol. The molecule has 0 saturated heterocycles. The number of hydrogen-bond donors (Lipinski definition) is 1. The zero-order valence-electron chi connectivity index (χ0n) is 11.6. The van der Waals surface area contributed by atoms with Crippen LogP contribution in [-0.4, -0.2) is 23.0 Å². The van der Waals surface area contributed by atoms with Crippen molar-refractivity contribution in [2.45, 2.75) is 26.9 Å². The van der Waals surface area contributed by atoms with Crippen molar-refractivity contribution in [3.05, 3.63) is 46.4 Å². The number of aromatic nitrogens is 1. The minimum Gasteiger partial charge on any atom is -0.380 e. The molecule has 0 aliphatic heterocycles. The second-order valence-electron chi connectivity index (χ2n) is 4.44. The largest absolute Gasteiger partial charge is 0.380 e. The smallest absolute Gasteiger partial charge is 0.0794 e. The molecule has 1 heterocycles. The number of nitrogens with one attached hydrogen (secondary N) is 1. The van der Waals surface area contributed by atoms with E-state index in [1.54, 1.807) is 11.3 Å². The average Bonchev–Trinajstić information content (AvgIpc) is 2.97. The third-order valence-corrected chi connectivity index (χ3v) is 4.02. The Labute approximate surface area is 119 Å². The maximum atomic E-state index is 4.10. The summed E-state index contributed by atoms with van der Waals surface area (Å²) < 4.78 is 0. The number of nitrogens with zero attached hydrogens (tertiary/aromatic N) is 2. The van der Waals surface area contributed by atoms with Crippen LogP contribution in [0.1, 0.15) is 24.3 Å². The SMILES string of the molecule is CCN(CC)Cc1ccccc1NCc1cncs1. The Hall–Kier alpha value is -1.39. The summed E-state index contributed by atoms with van der Waals surface area (Å²) in [5.74, 6) is 0. The molecule has 0 radical (unpaired) electrons. The summed E-state index contributed by atoms with van der Waals surface area (Å²) in [4.78, 5) is 7.79. The van der Waals surface area contributed by atoms with Crippen LogP contribution in [0.3, 0.4) is 0 Å². The minimum absolute atomic E-state index is 0.847. The van der Waals surface area contributed by atoms with Gasteiger partial charge in [0.05, 0.1) is 12.1 Å². The first-order valence-electron chi connectivity index (χ1n) is 6.75. The number of benzene rings is 1. The van der Waals surface area contributed by atoms with Gasteiger partial charge < -0.3 is 5.32 Å². The molecule has 19 heavy (non-hydrogen) atoms. The Bertz CT molecular complexity index is 478. The molecule has 0 atom stereocenters. The molecule has 0 amide bonds. The first kappa shape index (κ1) is 14.0. The lowest BCUT2D eigenvalue weighted by Gasteiger charge is -2.20. The fraction of sp³-hybridized carbons (Fsp3) is 0.400. The maximum Gasteiger partial charge on any atom is 0.0794 e. The highest BCUT2D eigenvalue weighted by Crippen LogP contribution is 2.18. The van der Waals surface area contributed by atoms with Gasteiger partial charge in [0, 0.05) is 23.3 Å². The molecule has 0 saturated carbocycles. The monoisotopic (exact) mass is 275 g/mol. The van der Waals surface area contributed by atoms with Crippen molar-refractivity contribution < 1.29 is 0 Å². The van der Waals surface area contributed by atoms with E-state index in [2.05, 4.69) is 53.3 Å². The highest BCUT2D eigenvalue weighted by molar-refractivity contribution is 7.09. The molecule has 0 spiro atoms. The number of hydrogen-bond acceptors (Lipinski definition) is 4. The second-order valence-corrected chi connectivity index (χ2v) is 5.41. The molecule has 1 N–H and O–H groups in total. The van der Waals surface area contributed by atoms with Crippen LogP contribution in [0, 0.1) is 0 Å². The summed E-state index contributed by atoms with van der Waals surface area (Å²) in [6.07, 6.45) is 1.92. The van der Waals surface area contributed by atoms with E-state index in [0.29, 0.717) is 0 Å². The number of rotatable bonds is 7. The Morgan fingerprint density at radius 2 is 2.00 bits per heavy atom.